The number of hydrogen-bond acceptors (Lipinski definition) is 6. The number of nitrogens with zero attached hydrogens (tertiary/aromatic N) is 3. The number of anilines is 1. The van der Waals surface area contributed by atoms with E-state index in [4.69, 9.17) is 0 Å². The molecule has 0 spiro atoms. The van der Waals surface area contributed by atoms with Gasteiger partial charge in [-0.3, -0.25) is 9.59 Å². The third-order valence-corrected chi connectivity index (χ3v) is 6.65. The second kappa shape index (κ2) is 8.47. The van der Waals surface area contributed by atoms with Crippen molar-refractivity contribution in [1.29, 1.82) is 0 Å². The van der Waals surface area contributed by atoms with Crippen LogP contribution >= 0.6 is 0 Å². The Bertz CT molecular complexity index is 1390. The number of carbonyl (C=O) groups excluding carboxylic acids is 2. The molecule has 0 aliphatic carbocycles. The number of aryl methyl sites for hydroxylation is 1. The predicted molar refractivity (Wildman–Crippen MR) is 116 cm³/mol. The number of rotatable bonds is 6. The van der Waals surface area contributed by atoms with E-state index in [0.29, 0.717) is 40.8 Å². The van der Waals surface area contributed by atoms with Gasteiger partial charge in [0.2, 0.25) is 11.8 Å². The topological polar surface area (TPSA) is 109 Å². The maximum Gasteiger partial charge on any atom is 0.264 e. The SMILES string of the molecule is CCCC(=O)NS(=O)(=O)c1cc(F)c(CN2C(=O)Cc3cnc4nc(C)ccc4c32)c(F)c1. The Kier molecular flexibility index (Phi) is 5.83. The highest BCUT2D eigenvalue weighted by molar-refractivity contribution is 7.90. The van der Waals surface area contributed by atoms with Gasteiger partial charge in [0.05, 0.1) is 23.5 Å². The lowest BCUT2D eigenvalue weighted by atomic mass is 10.1. The van der Waals surface area contributed by atoms with E-state index in [2.05, 4.69) is 9.97 Å². The molecular formula is C22H20F2N4O4S. The Morgan fingerprint density at radius 2 is 1.91 bits per heavy atom. The van der Waals surface area contributed by atoms with Gasteiger partial charge in [-0.25, -0.2) is 31.9 Å². The number of aromatic nitrogens is 2. The molecule has 2 amide bonds. The van der Waals surface area contributed by atoms with Gasteiger partial charge in [-0.05, 0) is 37.6 Å². The number of carbonyl (C=O) groups is 2. The zero-order valence-electron chi connectivity index (χ0n) is 17.9. The first-order valence-electron chi connectivity index (χ1n) is 10.2. The molecule has 172 valence electrons. The number of fused-ring (bicyclic) bond motifs is 3. The van der Waals surface area contributed by atoms with E-state index >= 15 is 0 Å². The van der Waals surface area contributed by atoms with Crippen molar-refractivity contribution in [1.82, 2.24) is 14.7 Å². The van der Waals surface area contributed by atoms with Gasteiger partial charge in [-0.15, -0.1) is 0 Å². The van der Waals surface area contributed by atoms with E-state index in [9.17, 15) is 26.8 Å². The van der Waals surface area contributed by atoms with E-state index in [1.807, 2.05) is 0 Å². The molecule has 8 nitrogen and oxygen atoms in total. The van der Waals surface area contributed by atoms with E-state index in [-0.39, 0.29) is 18.7 Å². The second-order valence-electron chi connectivity index (χ2n) is 7.76. The molecule has 3 heterocycles. The summed E-state index contributed by atoms with van der Waals surface area (Å²) in [5.41, 5.74) is 1.74. The average molecular weight is 474 g/mol. The van der Waals surface area contributed by atoms with E-state index in [1.165, 1.54) is 11.1 Å². The predicted octanol–water partition coefficient (Wildman–Crippen LogP) is 2.91. The molecule has 0 fully saturated rings. The highest BCUT2D eigenvalue weighted by atomic mass is 32.2. The van der Waals surface area contributed by atoms with Crippen molar-refractivity contribution < 1.29 is 26.8 Å². The minimum Gasteiger partial charge on any atom is -0.306 e. The lowest BCUT2D eigenvalue weighted by Gasteiger charge is -2.20. The monoisotopic (exact) mass is 474 g/mol. The largest absolute Gasteiger partial charge is 0.306 e. The first kappa shape index (κ1) is 22.7. The lowest BCUT2D eigenvalue weighted by molar-refractivity contribution is -0.119. The van der Waals surface area contributed by atoms with Crippen LogP contribution in [0.4, 0.5) is 14.5 Å². The first-order valence-corrected chi connectivity index (χ1v) is 11.7. The molecule has 0 unspecified atom stereocenters. The van der Waals surface area contributed by atoms with Crippen LogP contribution in [-0.4, -0.2) is 30.2 Å². The summed E-state index contributed by atoms with van der Waals surface area (Å²) in [5.74, 6) is -3.44. The minimum atomic E-state index is -4.44. The van der Waals surface area contributed by atoms with Gasteiger partial charge < -0.3 is 4.90 Å². The zero-order valence-corrected chi connectivity index (χ0v) is 18.7. The Morgan fingerprint density at radius 1 is 1.21 bits per heavy atom. The smallest absolute Gasteiger partial charge is 0.264 e. The van der Waals surface area contributed by atoms with Crippen LogP contribution in [0, 0.1) is 18.6 Å². The molecule has 0 radical (unpaired) electrons. The summed E-state index contributed by atoms with van der Waals surface area (Å²) in [6, 6.07) is 4.77. The van der Waals surface area contributed by atoms with Crippen LogP contribution in [-0.2, 0) is 32.6 Å². The fraction of sp³-hybridized carbons (Fsp3) is 0.273. The van der Waals surface area contributed by atoms with Crippen molar-refractivity contribution in [2.24, 2.45) is 0 Å². The van der Waals surface area contributed by atoms with Crippen LogP contribution in [0.1, 0.15) is 36.6 Å². The number of halogens is 2. The molecule has 2 aromatic heterocycles. The Balaban J connectivity index is 1.70. The fourth-order valence-corrected chi connectivity index (χ4v) is 4.77. The molecule has 0 saturated heterocycles. The molecule has 3 aromatic rings. The Labute approximate surface area is 188 Å². The van der Waals surface area contributed by atoms with Crippen LogP contribution in [0.5, 0.6) is 0 Å². The van der Waals surface area contributed by atoms with Crippen molar-refractivity contribution >= 4 is 38.6 Å². The number of amides is 2. The molecule has 4 rings (SSSR count). The average Bonchev–Trinajstić information content (AvgIpc) is 3.05. The Hall–Kier alpha value is -3.47. The fourth-order valence-electron chi connectivity index (χ4n) is 3.73. The van der Waals surface area contributed by atoms with E-state index in [1.54, 1.807) is 30.7 Å². The third-order valence-electron chi connectivity index (χ3n) is 5.30. The highest BCUT2D eigenvalue weighted by Gasteiger charge is 2.32. The molecule has 1 aliphatic rings. The van der Waals surface area contributed by atoms with Crippen molar-refractivity contribution in [2.45, 2.75) is 44.6 Å². The molecule has 1 aromatic carbocycles. The van der Waals surface area contributed by atoms with E-state index < -0.39 is 44.6 Å². The second-order valence-corrected chi connectivity index (χ2v) is 9.44. The van der Waals surface area contributed by atoms with Gasteiger partial charge in [-0.1, -0.05) is 6.92 Å². The van der Waals surface area contributed by atoms with Gasteiger partial charge >= 0.3 is 0 Å². The summed E-state index contributed by atoms with van der Waals surface area (Å²) in [5, 5.41) is 0.572. The maximum atomic E-state index is 14.9. The summed E-state index contributed by atoms with van der Waals surface area (Å²) in [7, 11) is -4.44. The van der Waals surface area contributed by atoms with Crippen molar-refractivity contribution in [3.8, 4) is 0 Å². The summed E-state index contributed by atoms with van der Waals surface area (Å²) >= 11 is 0. The summed E-state index contributed by atoms with van der Waals surface area (Å²) in [4.78, 5) is 33.4. The van der Waals surface area contributed by atoms with Gasteiger partial charge in [0.25, 0.3) is 10.0 Å². The molecule has 1 aliphatic heterocycles. The van der Waals surface area contributed by atoms with Crippen LogP contribution in [0.2, 0.25) is 0 Å². The van der Waals surface area contributed by atoms with E-state index in [0.717, 1.165) is 5.69 Å². The van der Waals surface area contributed by atoms with Crippen molar-refractivity contribution in [3.63, 3.8) is 0 Å². The van der Waals surface area contributed by atoms with Crippen LogP contribution < -0.4 is 9.62 Å². The Morgan fingerprint density at radius 3 is 2.58 bits per heavy atom. The molecule has 0 atom stereocenters. The summed E-state index contributed by atoms with van der Waals surface area (Å²) < 4.78 is 56.2. The maximum absolute atomic E-state index is 14.9. The standard InChI is InChI=1S/C22H20F2N4O4S/c1-3-4-19(29)27-33(31,32)14-8-17(23)16(18(24)9-14)11-28-20(30)7-13-10-25-22-15(21(13)28)6-5-12(2)26-22/h5-6,8-10H,3-4,7,11H2,1-2H3,(H,27,29). The van der Waals surface area contributed by atoms with Crippen molar-refractivity contribution in [3.05, 3.63) is 58.9 Å². The van der Waals surface area contributed by atoms with Crippen LogP contribution in [0.3, 0.4) is 0 Å². The van der Waals surface area contributed by atoms with Gasteiger partial charge in [0, 0.05) is 34.8 Å². The number of nitrogens with one attached hydrogen (secondary N) is 1. The number of benzene rings is 1. The lowest BCUT2D eigenvalue weighted by Crippen LogP contribution is -2.31. The molecule has 0 bridgehead atoms. The first-order chi connectivity index (χ1) is 15.6. The molecule has 1 N–H and O–H groups in total. The number of hydrogen-bond donors (Lipinski definition) is 1. The number of sulfonamides is 1. The van der Waals surface area contributed by atoms with Gasteiger partial charge in [-0.2, -0.15) is 0 Å². The number of pyridine rings is 2. The molecular weight excluding hydrogens is 454 g/mol. The molecule has 0 saturated carbocycles. The third kappa shape index (κ3) is 4.28. The quantitative estimate of drug-likeness (QED) is 0.588. The van der Waals surface area contributed by atoms with Gasteiger partial charge in [0.1, 0.15) is 11.6 Å². The van der Waals surface area contributed by atoms with Crippen LogP contribution in [0.25, 0.3) is 11.0 Å². The molecule has 11 heteroatoms. The van der Waals surface area contributed by atoms with Crippen LogP contribution in [0.15, 0.2) is 35.4 Å². The highest BCUT2D eigenvalue weighted by Crippen LogP contribution is 2.36. The van der Waals surface area contributed by atoms with Gasteiger partial charge in [0.15, 0.2) is 5.65 Å². The zero-order chi connectivity index (χ0) is 23.9. The normalized spacial score (nSPS) is 13.5. The summed E-state index contributed by atoms with van der Waals surface area (Å²) in [6.07, 6.45) is 1.90. The van der Waals surface area contributed by atoms with Crippen molar-refractivity contribution in [2.75, 3.05) is 4.90 Å². The minimum absolute atomic E-state index is 0.0192. The molecule has 33 heavy (non-hydrogen) atoms. The summed E-state index contributed by atoms with van der Waals surface area (Å²) in [6.45, 7) is 3.04.